The van der Waals surface area contributed by atoms with Crippen molar-refractivity contribution in [2.24, 2.45) is 0 Å². The standard InChI is InChI=1S/C12H10OS/c1-2-4-12-11(3-1)10-5-6-14-8-9(10)7-13-12/h1-6H,7-8H2. The SMILES string of the molecule is C1=CC2=C(COc3ccccc32)CS1. The van der Waals surface area contributed by atoms with Gasteiger partial charge in [-0.15, -0.1) is 11.8 Å². The van der Waals surface area contributed by atoms with Crippen molar-refractivity contribution in [1.82, 2.24) is 0 Å². The molecule has 0 saturated heterocycles. The van der Waals surface area contributed by atoms with Crippen molar-refractivity contribution in [3.8, 4) is 5.75 Å². The van der Waals surface area contributed by atoms with Crippen LogP contribution in [0.2, 0.25) is 0 Å². The minimum Gasteiger partial charge on any atom is -0.489 e. The predicted molar refractivity (Wildman–Crippen MR) is 60.5 cm³/mol. The van der Waals surface area contributed by atoms with Gasteiger partial charge in [0.2, 0.25) is 0 Å². The molecule has 0 unspecified atom stereocenters. The van der Waals surface area contributed by atoms with E-state index in [0.29, 0.717) is 0 Å². The minimum absolute atomic E-state index is 0.754. The number of para-hydroxylation sites is 1. The average Bonchev–Trinajstić information content (AvgIpc) is 2.29. The van der Waals surface area contributed by atoms with E-state index < -0.39 is 0 Å². The molecule has 1 aromatic rings. The van der Waals surface area contributed by atoms with Gasteiger partial charge in [-0.2, -0.15) is 0 Å². The molecular formula is C12H10OS. The molecule has 2 heterocycles. The van der Waals surface area contributed by atoms with Gasteiger partial charge in [-0.05, 0) is 28.7 Å². The Morgan fingerprint density at radius 1 is 1.21 bits per heavy atom. The third-order valence-corrected chi connectivity index (χ3v) is 3.39. The van der Waals surface area contributed by atoms with Crippen molar-refractivity contribution in [2.45, 2.75) is 0 Å². The van der Waals surface area contributed by atoms with Crippen LogP contribution in [-0.4, -0.2) is 12.4 Å². The van der Waals surface area contributed by atoms with Gasteiger partial charge in [0.05, 0.1) is 0 Å². The van der Waals surface area contributed by atoms with Gasteiger partial charge >= 0.3 is 0 Å². The topological polar surface area (TPSA) is 9.23 Å². The van der Waals surface area contributed by atoms with Gasteiger partial charge in [-0.3, -0.25) is 0 Å². The summed E-state index contributed by atoms with van der Waals surface area (Å²) in [6, 6.07) is 8.25. The molecule has 0 atom stereocenters. The van der Waals surface area contributed by atoms with Gasteiger partial charge < -0.3 is 4.74 Å². The van der Waals surface area contributed by atoms with Crippen LogP contribution in [0.5, 0.6) is 5.75 Å². The van der Waals surface area contributed by atoms with Crippen molar-refractivity contribution in [2.75, 3.05) is 12.4 Å². The summed E-state index contributed by atoms with van der Waals surface area (Å²) in [5.74, 6) is 2.09. The first-order chi connectivity index (χ1) is 6.95. The Kier molecular flexibility index (Phi) is 1.88. The molecule has 0 saturated carbocycles. The molecule has 0 N–H and O–H groups in total. The molecule has 2 heteroatoms. The molecule has 0 fully saturated rings. The molecule has 0 spiro atoms. The van der Waals surface area contributed by atoms with Gasteiger partial charge in [0.15, 0.2) is 0 Å². The lowest BCUT2D eigenvalue weighted by Gasteiger charge is -2.24. The first-order valence-corrected chi connectivity index (χ1v) is 5.72. The number of thioether (sulfide) groups is 1. The summed E-state index contributed by atoms with van der Waals surface area (Å²) in [6.45, 7) is 0.754. The van der Waals surface area contributed by atoms with E-state index in [0.717, 1.165) is 18.1 Å². The maximum absolute atomic E-state index is 5.69. The highest BCUT2D eigenvalue weighted by molar-refractivity contribution is 8.02. The lowest BCUT2D eigenvalue weighted by Crippen LogP contribution is -2.13. The smallest absolute Gasteiger partial charge is 0.127 e. The van der Waals surface area contributed by atoms with Crippen LogP contribution < -0.4 is 4.74 Å². The number of rotatable bonds is 0. The van der Waals surface area contributed by atoms with Crippen molar-refractivity contribution in [3.63, 3.8) is 0 Å². The maximum Gasteiger partial charge on any atom is 0.127 e. The second-order valence-corrected chi connectivity index (χ2v) is 4.31. The Bertz CT molecular complexity index is 432. The number of benzene rings is 1. The van der Waals surface area contributed by atoms with Crippen LogP contribution in [0.15, 0.2) is 41.3 Å². The number of allylic oxidation sites excluding steroid dienone is 2. The van der Waals surface area contributed by atoms with E-state index in [-0.39, 0.29) is 0 Å². The van der Waals surface area contributed by atoms with E-state index in [1.807, 2.05) is 23.9 Å². The van der Waals surface area contributed by atoms with E-state index in [9.17, 15) is 0 Å². The summed E-state index contributed by atoms with van der Waals surface area (Å²) >= 11 is 1.84. The van der Waals surface area contributed by atoms with Crippen LogP contribution in [0.1, 0.15) is 5.56 Å². The number of hydrogen-bond donors (Lipinski definition) is 0. The average molecular weight is 202 g/mol. The summed E-state index contributed by atoms with van der Waals surface area (Å²) in [6.07, 6.45) is 2.20. The molecule has 0 radical (unpaired) electrons. The molecule has 70 valence electrons. The first kappa shape index (κ1) is 8.18. The van der Waals surface area contributed by atoms with Crippen molar-refractivity contribution < 1.29 is 4.74 Å². The van der Waals surface area contributed by atoms with Crippen LogP contribution in [0.3, 0.4) is 0 Å². The molecule has 3 rings (SSSR count). The molecule has 0 aromatic heterocycles. The molecule has 0 amide bonds. The summed E-state index contributed by atoms with van der Waals surface area (Å²) in [5, 5.41) is 2.17. The molecule has 1 nitrogen and oxygen atoms in total. The third-order valence-electron chi connectivity index (χ3n) is 2.55. The Balaban J connectivity index is 2.19. The van der Waals surface area contributed by atoms with Gasteiger partial charge in [-0.1, -0.05) is 18.2 Å². The number of fused-ring (bicyclic) bond motifs is 2. The van der Waals surface area contributed by atoms with E-state index in [4.69, 9.17) is 4.74 Å². The van der Waals surface area contributed by atoms with Crippen molar-refractivity contribution >= 4 is 17.3 Å². The number of hydrogen-bond acceptors (Lipinski definition) is 2. The van der Waals surface area contributed by atoms with Crippen LogP contribution in [-0.2, 0) is 0 Å². The normalized spacial score (nSPS) is 18.6. The van der Waals surface area contributed by atoms with Gasteiger partial charge in [0, 0.05) is 11.3 Å². The van der Waals surface area contributed by atoms with Crippen LogP contribution in [0, 0.1) is 0 Å². The summed E-state index contributed by atoms with van der Waals surface area (Å²) in [4.78, 5) is 0. The lowest BCUT2D eigenvalue weighted by molar-refractivity contribution is 0.347. The van der Waals surface area contributed by atoms with E-state index in [2.05, 4.69) is 23.6 Å². The van der Waals surface area contributed by atoms with E-state index in [1.165, 1.54) is 16.7 Å². The van der Waals surface area contributed by atoms with Crippen LogP contribution >= 0.6 is 11.8 Å². The number of ether oxygens (including phenoxy) is 1. The molecule has 2 aliphatic rings. The summed E-state index contributed by atoms with van der Waals surface area (Å²) < 4.78 is 5.69. The largest absolute Gasteiger partial charge is 0.489 e. The Hall–Kier alpha value is -1.15. The highest BCUT2D eigenvalue weighted by Gasteiger charge is 2.19. The third kappa shape index (κ3) is 1.18. The molecular weight excluding hydrogens is 192 g/mol. The molecule has 14 heavy (non-hydrogen) atoms. The molecule has 2 aliphatic heterocycles. The van der Waals surface area contributed by atoms with Crippen LogP contribution in [0.4, 0.5) is 0 Å². The summed E-state index contributed by atoms with van der Waals surface area (Å²) in [7, 11) is 0. The zero-order chi connectivity index (χ0) is 9.38. The minimum atomic E-state index is 0.754. The fourth-order valence-electron chi connectivity index (χ4n) is 1.84. The van der Waals surface area contributed by atoms with Crippen molar-refractivity contribution in [3.05, 3.63) is 46.9 Å². The van der Waals surface area contributed by atoms with Crippen molar-refractivity contribution in [1.29, 1.82) is 0 Å². The van der Waals surface area contributed by atoms with Gasteiger partial charge in [0.1, 0.15) is 12.4 Å². The zero-order valence-corrected chi connectivity index (χ0v) is 8.51. The molecule has 0 bridgehead atoms. The van der Waals surface area contributed by atoms with E-state index in [1.54, 1.807) is 0 Å². The second-order valence-electron chi connectivity index (χ2n) is 3.42. The fraction of sp³-hybridized carbons (Fsp3) is 0.167. The monoisotopic (exact) mass is 202 g/mol. The predicted octanol–water partition coefficient (Wildman–Crippen LogP) is 3.09. The Morgan fingerprint density at radius 2 is 2.14 bits per heavy atom. The van der Waals surface area contributed by atoms with Gasteiger partial charge in [-0.25, -0.2) is 0 Å². The lowest BCUT2D eigenvalue weighted by atomic mass is 9.98. The Labute approximate surface area is 87.5 Å². The second kappa shape index (κ2) is 3.21. The molecule has 0 aliphatic carbocycles. The first-order valence-electron chi connectivity index (χ1n) is 4.67. The highest BCUT2D eigenvalue weighted by atomic mass is 32.2. The zero-order valence-electron chi connectivity index (χ0n) is 7.69. The van der Waals surface area contributed by atoms with E-state index >= 15 is 0 Å². The van der Waals surface area contributed by atoms with Crippen LogP contribution in [0.25, 0.3) is 5.57 Å². The Morgan fingerprint density at radius 3 is 3.14 bits per heavy atom. The fourth-order valence-corrected chi connectivity index (χ4v) is 2.61. The van der Waals surface area contributed by atoms with Gasteiger partial charge in [0.25, 0.3) is 0 Å². The maximum atomic E-state index is 5.69. The molecule has 1 aromatic carbocycles. The quantitative estimate of drug-likeness (QED) is 0.639. The highest BCUT2D eigenvalue weighted by Crippen LogP contribution is 2.37. The summed E-state index contributed by atoms with van der Waals surface area (Å²) in [5.41, 5.74) is 4.02.